The zero-order chi connectivity index (χ0) is 15.9. The molecular formula is C18H28N2O. The Morgan fingerprint density at radius 1 is 1.38 bits per heavy atom. The van der Waals surface area contributed by atoms with E-state index in [1.165, 1.54) is 11.1 Å². The van der Waals surface area contributed by atoms with Gasteiger partial charge in [0.15, 0.2) is 0 Å². The first-order chi connectivity index (χ1) is 9.89. The number of hydrogen-bond donors (Lipinski definition) is 1. The van der Waals surface area contributed by atoms with Crippen LogP contribution >= 0.6 is 0 Å². The molecule has 0 radical (unpaired) electrons. The van der Waals surface area contributed by atoms with Crippen LogP contribution in [0.4, 0.5) is 0 Å². The molecule has 0 aromatic heterocycles. The summed E-state index contributed by atoms with van der Waals surface area (Å²) in [4.78, 5) is 0. The van der Waals surface area contributed by atoms with Crippen LogP contribution in [0.3, 0.4) is 0 Å². The van der Waals surface area contributed by atoms with Gasteiger partial charge in [-0.1, -0.05) is 19.1 Å². The molecule has 0 aliphatic carbocycles. The zero-order valence-corrected chi connectivity index (χ0v) is 14.0. The highest BCUT2D eigenvalue weighted by molar-refractivity contribution is 5.39. The van der Waals surface area contributed by atoms with Crippen LogP contribution in [0, 0.1) is 23.7 Å². The lowest BCUT2D eigenvalue weighted by Crippen LogP contribution is -2.20. The molecule has 0 spiro atoms. The van der Waals surface area contributed by atoms with Crippen LogP contribution in [0.5, 0.6) is 5.75 Å². The van der Waals surface area contributed by atoms with Crippen molar-refractivity contribution in [1.29, 1.82) is 5.26 Å². The second kappa shape index (κ2) is 8.05. The normalized spacial score (nSPS) is 12.8. The van der Waals surface area contributed by atoms with Crippen LogP contribution in [0.15, 0.2) is 18.2 Å². The second-order valence-electron chi connectivity index (χ2n) is 6.31. The minimum atomic E-state index is -0.337. The van der Waals surface area contributed by atoms with E-state index >= 15 is 0 Å². The lowest BCUT2D eigenvalue weighted by atomic mass is 9.92. The summed E-state index contributed by atoms with van der Waals surface area (Å²) in [6, 6.07) is 8.91. The summed E-state index contributed by atoms with van der Waals surface area (Å²) < 4.78 is 5.97. The van der Waals surface area contributed by atoms with Crippen LogP contribution < -0.4 is 10.1 Å². The highest BCUT2D eigenvalue weighted by Gasteiger charge is 2.17. The van der Waals surface area contributed by atoms with Crippen molar-refractivity contribution in [3.8, 4) is 11.8 Å². The van der Waals surface area contributed by atoms with Crippen LogP contribution in [0.2, 0.25) is 0 Å². The van der Waals surface area contributed by atoms with Gasteiger partial charge in [-0.05, 0) is 58.7 Å². The Bertz CT molecular complexity index is 488. The molecule has 0 saturated heterocycles. The fraction of sp³-hybridized carbons (Fsp3) is 0.611. The van der Waals surface area contributed by atoms with Gasteiger partial charge in [-0.2, -0.15) is 5.26 Å². The zero-order valence-electron chi connectivity index (χ0n) is 14.0. The third kappa shape index (κ3) is 5.77. The van der Waals surface area contributed by atoms with E-state index in [0.29, 0.717) is 6.61 Å². The van der Waals surface area contributed by atoms with Gasteiger partial charge >= 0.3 is 0 Å². The molecule has 0 heterocycles. The van der Waals surface area contributed by atoms with E-state index in [4.69, 9.17) is 10.00 Å². The third-order valence-corrected chi connectivity index (χ3v) is 3.62. The fourth-order valence-electron chi connectivity index (χ4n) is 2.07. The molecule has 1 N–H and O–H groups in total. The molecule has 1 rings (SSSR count). The standard InChI is InChI=1S/C18H28N2O/c1-6-10-20-15(3)16-8-7-14(2)12-17(16)21-11-9-18(4,5)13-19/h7-8,12,15,20H,6,9-11H2,1-5H3. The van der Waals surface area contributed by atoms with E-state index < -0.39 is 0 Å². The minimum absolute atomic E-state index is 0.268. The Kier molecular flexibility index (Phi) is 6.71. The molecule has 0 bridgehead atoms. The molecule has 1 atom stereocenters. The van der Waals surface area contributed by atoms with Gasteiger partial charge < -0.3 is 10.1 Å². The van der Waals surface area contributed by atoms with Crippen molar-refractivity contribution in [3.63, 3.8) is 0 Å². The van der Waals surface area contributed by atoms with E-state index in [1.54, 1.807) is 0 Å². The van der Waals surface area contributed by atoms with Crippen molar-refractivity contribution in [3.05, 3.63) is 29.3 Å². The number of nitrogens with zero attached hydrogens (tertiary/aromatic N) is 1. The summed E-state index contributed by atoms with van der Waals surface area (Å²) in [6.07, 6.45) is 1.84. The molecule has 0 saturated carbocycles. The number of hydrogen-bond acceptors (Lipinski definition) is 3. The first-order valence-corrected chi connectivity index (χ1v) is 7.77. The predicted octanol–water partition coefficient (Wildman–Crippen LogP) is 4.37. The van der Waals surface area contributed by atoms with Gasteiger partial charge in [0, 0.05) is 11.6 Å². The van der Waals surface area contributed by atoms with Crippen molar-refractivity contribution in [2.75, 3.05) is 13.2 Å². The smallest absolute Gasteiger partial charge is 0.124 e. The van der Waals surface area contributed by atoms with Gasteiger partial charge in [0.05, 0.1) is 18.1 Å². The van der Waals surface area contributed by atoms with E-state index in [-0.39, 0.29) is 11.5 Å². The summed E-state index contributed by atoms with van der Waals surface area (Å²) in [5.41, 5.74) is 2.04. The number of nitrogens with one attached hydrogen (secondary N) is 1. The first-order valence-electron chi connectivity index (χ1n) is 7.77. The van der Waals surface area contributed by atoms with Gasteiger partial charge in [0.25, 0.3) is 0 Å². The van der Waals surface area contributed by atoms with Crippen LogP contribution in [0.25, 0.3) is 0 Å². The van der Waals surface area contributed by atoms with Gasteiger partial charge in [-0.15, -0.1) is 0 Å². The van der Waals surface area contributed by atoms with Crippen molar-refractivity contribution in [2.45, 2.75) is 53.5 Å². The van der Waals surface area contributed by atoms with Gasteiger partial charge in [0.2, 0.25) is 0 Å². The molecule has 116 valence electrons. The number of benzene rings is 1. The van der Waals surface area contributed by atoms with Crippen molar-refractivity contribution < 1.29 is 4.74 Å². The van der Waals surface area contributed by atoms with E-state index in [1.807, 2.05) is 13.8 Å². The average Bonchev–Trinajstić information content (AvgIpc) is 2.44. The van der Waals surface area contributed by atoms with Gasteiger partial charge in [-0.3, -0.25) is 0 Å². The average molecular weight is 288 g/mol. The van der Waals surface area contributed by atoms with Crippen molar-refractivity contribution in [2.24, 2.45) is 5.41 Å². The van der Waals surface area contributed by atoms with E-state index in [0.717, 1.165) is 25.1 Å². The Morgan fingerprint density at radius 2 is 2.10 bits per heavy atom. The maximum atomic E-state index is 9.06. The molecule has 0 fully saturated rings. The molecule has 3 nitrogen and oxygen atoms in total. The molecule has 1 unspecified atom stereocenters. The molecule has 0 amide bonds. The van der Waals surface area contributed by atoms with Crippen molar-refractivity contribution in [1.82, 2.24) is 5.32 Å². The maximum absolute atomic E-state index is 9.06. The summed E-state index contributed by atoms with van der Waals surface area (Å²) in [5, 5.41) is 12.6. The summed E-state index contributed by atoms with van der Waals surface area (Å²) in [6.45, 7) is 11.8. The Labute approximate surface area is 129 Å². The molecule has 1 aromatic rings. The molecule has 21 heavy (non-hydrogen) atoms. The lowest BCUT2D eigenvalue weighted by molar-refractivity contribution is 0.260. The Balaban J connectivity index is 2.76. The molecule has 0 aliphatic heterocycles. The quantitative estimate of drug-likeness (QED) is 0.772. The topological polar surface area (TPSA) is 45.0 Å². The van der Waals surface area contributed by atoms with Gasteiger partial charge in [0.1, 0.15) is 5.75 Å². The number of ether oxygens (including phenoxy) is 1. The lowest BCUT2D eigenvalue weighted by Gasteiger charge is -2.20. The largest absolute Gasteiger partial charge is 0.493 e. The highest BCUT2D eigenvalue weighted by Crippen LogP contribution is 2.27. The molecule has 0 aliphatic rings. The summed E-state index contributed by atoms with van der Waals surface area (Å²) in [5.74, 6) is 0.930. The molecule has 3 heteroatoms. The fourth-order valence-corrected chi connectivity index (χ4v) is 2.07. The Morgan fingerprint density at radius 3 is 2.71 bits per heavy atom. The summed E-state index contributed by atoms with van der Waals surface area (Å²) >= 11 is 0. The molecular weight excluding hydrogens is 260 g/mol. The molecule has 1 aromatic carbocycles. The van der Waals surface area contributed by atoms with E-state index in [2.05, 4.69) is 50.4 Å². The minimum Gasteiger partial charge on any atom is -0.493 e. The van der Waals surface area contributed by atoms with Crippen LogP contribution in [0.1, 0.15) is 57.7 Å². The SMILES string of the molecule is CCCNC(C)c1ccc(C)cc1OCCC(C)(C)C#N. The monoisotopic (exact) mass is 288 g/mol. The summed E-state index contributed by atoms with van der Waals surface area (Å²) in [7, 11) is 0. The first kappa shape index (κ1) is 17.5. The number of aryl methyl sites for hydroxylation is 1. The van der Waals surface area contributed by atoms with Crippen molar-refractivity contribution >= 4 is 0 Å². The maximum Gasteiger partial charge on any atom is 0.124 e. The van der Waals surface area contributed by atoms with Gasteiger partial charge in [-0.25, -0.2) is 0 Å². The van der Waals surface area contributed by atoms with E-state index in [9.17, 15) is 0 Å². The predicted molar refractivity (Wildman–Crippen MR) is 87.4 cm³/mol. The van der Waals surface area contributed by atoms with Crippen LogP contribution in [-0.2, 0) is 0 Å². The number of rotatable bonds is 8. The highest BCUT2D eigenvalue weighted by atomic mass is 16.5. The third-order valence-electron chi connectivity index (χ3n) is 3.62. The second-order valence-corrected chi connectivity index (χ2v) is 6.31. The van der Waals surface area contributed by atoms with Crippen LogP contribution in [-0.4, -0.2) is 13.2 Å². The number of nitriles is 1. The Hall–Kier alpha value is -1.53.